The van der Waals surface area contributed by atoms with Crippen molar-refractivity contribution in [1.29, 1.82) is 0 Å². The predicted molar refractivity (Wildman–Crippen MR) is 113 cm³/mol. The molecule has 1 aromatic carbocycles. The zero-order valence-corrected chi connectivity index (χ0v) is 17.4. The van der Waals surface area contributed by atoms with Crippen LogP contribution >= 0.6 is 47.2 Å². The molecular weight excluding hydrogens is 461 g/mol. The molecule has 2 N–H and O–H groups in total. The number of halogens is 2. The summed E-state index contributed by atoms with van der Waals surface area (Å²) in [6.45, 7) is 0. The second kappa shape index (κ2) is 8.58. The second-order valence-electron chi connectivity index (χ2n) is 5.83. The molecule has 150 valence electrons. The fourth-order valence-corrected chi connectivity index (χ4v) is 4.31. The van der Waals surface area contributed by atoms with Crippen LogP contribution in [0.3, 0.4) is 0 Å². The number of hydrogen-bond donors (Lipinski definition) is 2. The van der Waals surface area contributed by atoms with Gasteiger partial charge in [-0.15, -0.1) is 0 Å². The number of carboxylic acid groups (broad SMARTS) is 2. The van der Waals surface area contributed by atoms with Crippen molar-refractivity contribution in [2.45, 2.75) is 12.5 Å². The van der Waals surface area contributed by atoms with Crippen molar-refractivity contribution in [2.75, 3.05) is 0 Å². The number of nitrogens with zero attached hydrogens (tertiary/aromatic N) is 1. The molecule has 1 aliphatic heterocycles. The summed E-state index contributed by atoms with van der Waals surface area (Å²) in [6.07, 6.45) is 0.633. The molecule has 0 unspecified atom stereocenters. The lowest BCUT2D eigenvalue weighted by Gasteiger charge is -2.21. The fraction of sp³-hybridized carbons (Fsp3) is 0.111. The Kier molecular flexibility index (Phi) is 6.33. The molecule has 29 heavy (non-hydrogen) atoms. The van der Waals surface area contributed by atoms with E-state index in [0.717, 1.165) is 16.7 Å². The molecule has 1 atom stereocenters. The van der Waals surface area contributed by atoms with Crippen molar-refractivity contribution in [2.24, 2.45) is 0 Å². The molecule has 1 saturated heterocycles. The van der Waals surface area contributed by atoms with Crippen LogP contribution in [0.25, 0.3) is 17.4 Å². The molecule has 1 aromatic heterocycles. The maximum atomic E-state index is 12.6. The highest BCUT2D eigenvalue weighted by Crippen LogP contribution is 2.36. The normalized spacial score (nSPS) is 16.5. The lowest BCUT2D eigenvalue weighted by molar-refractivity contribution is -0.150. The van der Waals surface area contributed by atoms with E-state index in [9.17, 15) is 19.5 Å². The van der Waals surface area contributed by atoms with Gasteiger partial charge in [0.05, 0.1) is 16.3 Å². The first-order valence-corrected chi connectivity index (χ1v) is 9.92. The van der Waals surface area contributed by atoms with Crippen LogP contribution in [0.2, 0.25) is 10.0 Å². The average Bonchev–Trinajstić information content (AvgIpc) is 3.20. The summed E-state index contributed by atoms with van der Waals surface area (Å²) in [5.74, 6) is -2.78. The zero-order chi connectivity index (χ0) is 21.3. The van der Waals surface area contributed by atoms with Crippen LogP contribution in [-0.2, 0) is 14.4 Å². The van der Waals surface area contributed by atoms with Gasteiger partial charge in [0, 0.05) is 16.7 Å². The van der Waals surface area contributed by atoms with E-state index in [1.165, 1.54) is 6.08 Å². The molecule has 1 aliphatic rings. The monoisotopic (exact) mass is 471 g/mol. The number of aliphatic carboxylic acids is 2. The number of benzene rings is 1. The molecule has 11 heteroatoms. The van der Waals surface area contributed by atoms with Gasteiger partial charge in [-0.05, 0) is 30.3 Å². The largest absolute Gasteiger partial charge is 0.481 e. The molecule has 1 fully saturated rings. The molecular formula is C18H11Cl2NO6S2. The summed E-state index contributed by atoms with van der Waals surface area (Å²) in [5, 5.41) is 19.1. The van der Waals surface area contributed by atoms with Crippen LogP contribution in [0, 0.1) is 0 Å². The number of carbonyl (C=O) groups excluding carboxylic acids is 1. The van der Waals surface area contributed by atoms with Crippen LogP contribution in [0.15, 0.2) is 39.7 Å². The molecule has 0 bridgehead atoms. The van der Waals surface area contributed by atoms with Crippen LogP contribution in [0.5, 0.6) is 0 Å². The number of furan rings is 1. The van der Waals surface area contributed by atoms with Gasteiger partial charge < -0.3 is 14.6 Å². The third-order valence-electron chi connectivity index (χ3n) is 3.88. The van der Waals surface area contributed by atoms with Gasteiger partial charge in [0.2, 0.25) is 0 Å². The van der Waals surface area contributed by atoms with Crippen molar-refractivity contribution in [3.05, 3.63) is 51.0 Å². The number of carboxylic acids is 2. The summed E-state index contributed by atoms with van der Waals surface area (Å²) in [5.41, 5.74) is 0.568. The molecule has 2 heterocycles. The van der Waals surface area contributed by atoms with E-state index in [-0.39, 0.29) is 9.23 Å². The Morgan fingerprint density at radius 2 is 1.97 bits per heavy atom. The van der Waals surface area contributed by atoms with Gasteiger partial charge in [-0.25, -0.2) is 4.79 Å². The summed E-state index contributed by atoms with van der Waals surface area (Å²) < 4.78 is 5.66. The highest BCUT2D eigenvalue weighted by atomic mass is 35.5. The van der Waals surface area contributed by atoms with E-state index in [4.69, 9.17) is 44.9 Å². The van der Waals surface area contributed by atoms with Gasteiger partial charge in [0.15, 0.2) is 0 Å². The molecule has 2 aromatic rings. The first-order chi connectivity index (χ1) is 13.7. The maximum absolute atomic E-state index is 12.6. The quantitative estimate of drug-likeness (QED) is 0.471. The molecule has 0 spiro atoms. The van der Waals surface area contributed by atoms with Crippen LogP contribution in [-0.4, -0.2) is 43.3 Å². The van der Waals surface area contributed by atoms with E-state index < -0.39 is 30.3 Å². The molecule has 1 amide bonds. The van der Waals surface area contributed by atoms with Crippen molar-refractivity contribution in [1.82, 2.24) is 4.90 Å². The number of thioether (sulfide) groups is 1. The maximum Gasteiger partial charge on any atom is 0.327 e. The summed E-state index contributed by atoms with van der Waals surface area (Å²) >= 11 is 18.1. The Morgan fingerprint density at radius 1 is 1.24 bits per heavy atom. The smallest absolute Gasteiger partial charge is 0.327 e. The highest BCUT2D eigenvalue weighted by Gasteiger charge is 2.41. The number of thiocarbonyl (C=S) groups is 1. The van der Waals surface area contributed by atoms with E-state index >= 15 is 0 Å². The van der Waals surface area contributed by atoms with Crippen molar-refractivity contribution in [3.8, 4) is 11.3 Å². The molecule has 0 aliphatic carbocycles. The molecule has 7 nitrogen and oxygen atoms in total. The van der Waals surface area contributed by atoms with E-state index in [1.807, 2.05) is 0 Å². The summed E-state index contributed by atoms with van der Waals surface area (Å²) in [4.78, 5) is 35.9. The van der Waals surface area contributed by atoms with E-state index in [1.54, 1.807) is 30.3 Å². The van der Waals surface area contributed by atoms with Crippen molar-refractivity contribution in [3.63, 3.8) is 0 Å². The minimum Gasteiger partial charge on any atom is -0.481 e. The topological polar surface area (TPSA) is 108 Å². The Labute approximate surface area is 183 Å². The van der Waals surface area contributed by atoms with Gasteiger partial charge in [-0.1, -0.05) is 47.2 Å². The highest BCUT2D eigenvalue weighted by molar-refractivity contribution is 8.26. The average molecular weight is 472 g/mol. The first kappa shape index (κ1) is 21.4. The van der Waals surface area contributed by atoms with Crippen LogP contribution in [0.4, 0.5) is 0 Å². The van der Waals surface area contributed by atoms with Gasteiger partial charge in [-0.3, -0.25) is 14.5 Å². The van der Waals surface area contributed by atoms with Crippen LogP contribution in [0.1, 0.15) is 12.2 Å². The van der Waals surface area contributed by atoms with Gasteiger partial charge in [0.25, 0.3) is 5.91 Å². The minimum atomic E-state index is -1.59. The zero-order valence-electron chi connectivity index (χ0n) is 14.3. The number of rotatable bonds is 6. The Hall–Kier alpha value is -2.33. The van der Waals surface area contributed by atoms with Gasteiger partial charge in [-0.2, -0.15) is 0 Å². The SMILES string of the molecule is O=C(O)C[C@H](C(=O)O)N1C(=O)/C(=C/c2ccc(-c3cc(Cl)ccc3Cl)o2)SC1=S. The summed E-state index contributed by atoms with van der Waals surface area (Å²) in [7, 11) is 0. The lowest BCUT2D eigenvalue weighted by Crippen LogP contribution is -2.45. The standard InChI is InChI=1S/C18H11Cl2NO6S2/c19-8-1-3-11(20)10(5-8)13-4-2-9(27-13)6-14-16(24)21(18(28)29-14)12(17(25)26)7-15(22)23/h1-6,12H,7H2,(H,22,23)(H,25,26)/b14-6-/t12-/m1/s1. The Bertz CT molecular complexity index is 1060. The second-order valence-corrected chi connectivity index (χ2v) is 8.35. The third-order valence-corrected chi connectivity index (χ3v) is 5.78. The van der Waals surface area contributed by atoms with Crippen LogP contribution < -0.4 is 0 Å². The van der Waals surface area contributed by atoms with Crippen molar-refractivity contribution >= 4 is 75.4 Å². The lowest BCUT2D eigenvalue weighted by atomic mass is 10.2. The predicted octanol–water partition coefficient (Wildman–Crippen LogP) is 4.38. The summed E-state index contributed by atoms with van der Waals surface area (Å²) in [6, 6.07) is 6.55. The van der Waals surface area contributed by atoms with Gasteiger partial charge >= 0.3 is 11.9 Å². The first-order valence-electron chi connectivity index (χ1n) is 7.94. The molecule has 0 radical (unpaired) electrons. The fourth-order valence-electron chi connectivity index (χ4n) is 2.59. The Balaban J connectivity index is 1.88. The van der Waals surface area contributed by atoms with E-state index in [0.29, 0.717) is 27.1 Å². The third kappa shape index (κ3) is 4.64. The van der Waals surface area contributed by atoms with Crippen molar-refractivity contribution < 1.29 is 29.0 Å². The Morgan fingerprint density at radius 3 is 2.62 bits per heavy atom. The number of amides is 1. The number of hydrogen-bond acceptors (Lipinski definition) is 6. The number of carbonyl (C=O) groups is 3. The molecule has 0 saturated carbocycles. The molecule has 3 rings (SSSR count). The minimum absolute atomic E-state index is 0.0421. The van der Waals surface area contributed by atoms with E-state index in [2.05, 4.69) is 0 Å². The van der Waals surface area contributed by atoms with Gasteiger partial charge in [0.1, 0.15) is 21.9 Å².